The van der Waals surface area contributed by atoms with E-state index in [0.29, 0.717) is 22.5 Å². The standard InChI is InChI=1S/C27H33ClN4O3/c1-17-15-31(10-11-32(17)26(33)19-6-4-5-7-19)16-20-12-21(28)13-23(18(20)2)29-27-30-24-14-22(34-3)8-9-25(24)35-27/h8-9,12-14,17,19H,4-7,10-11,15-16H2,1-3H3,(H,29,30)/t17-/m0/s1. The molecule has 1 saturated carbocycles. The van der Waals surface area contributed by atoms with Gasteiger partial charge in [0, 0.05) is 54.9 Å². The molecule has 3 aromatic rings. The summed E-state index contributed by atoms with van der Waals surface area (Å²) in [6.07, 6.45) is 4.48. The van der Waals surface area contributed by atoms with Crippen LogP contribution in [0.4, 0.5) is 11.7 Å². The minimum atomic E-state index is 0.214. The Balaban J connectivity index is 1.28. The maximum absolute atomic E-state index is 13.0. The fraction of sp³-hybridized carbons (Fsp3) is 0.481. The number of piperazine rings is 1. The fourth-order valence-corrected chi connectivity index (χ4v) is 5.63. The molecule has 0 bridgehead atoms. The van der Waals surface area contributed by atoms with Crippen molar-refractivity contribution in [1.29, 1.82) is 0 Å². The van der Waals surface area contributed by atoms with Crippen LogP contribution in [0.25, 0.3) is 11.1 Å². The number of hydrogen-bond donors (Lipinski definition) is 1. The van der Waals surface area contributed by atoms with Gasteiger partial charge in [-0.3, -0.25) is 9.69 Å². The summed E-state index contributed by atoms with van der Waals surface area (Å²) in [6, 6.07) is 10.1. The topological polar surface area (TPSA) is 70.8 Å². The van der Waals surface area contributed by atoms with Crippen LogP contribution < -0.4 is 10.1 Å². The quantitative estimate of drug-likeness (QED) is 0.467. The fourth-order valence-electron chi connectivity index (χ4n) is 5.38. The Morgan fingerprint density at radius 1 is 1.23 bits per heavy atom. The molecule has 1 N–H and O–H groups in total. The first-order chi connectivity index (χ1) is 16.9. The average molecular weight is 497 g/mol. The van der Waals surface area contributed by atoms with Gasteiger partial charge in [-0.25, -0.2) is 0 Å². The molecule has 1 amide bonds. The van der Waals surface area contributed by atoms with E-state index in [1.165, 1.54) is 12.8 Å². The highest BCUT2D eigenvalue weighted by Crippen LogP contribution is 2.32. The Morgan fingerprint density at radius 3 is 2.77 bits per heavy atom. The third-order valence-electron chi connectivity index (χ3n) is 7.41. The highest BCUT2D eigenvalue weighted by molar-refractivity contribution is 6.31. The lowest BCUT2D eigenvalue weighted by Gasteiger charge is -2.41. The van der Waals surface area contributed by atoms with Gasteiger partial charge in [0.05, 0.1) is 7.11 Å². The monoisotopic (exact) mass is 496 g/mol. The molecule has 7 nitrogen and oxygen atoms in total. The second kappa shape index (κ2) is 10.1. The SMILES string of the molecule is COc1ccc2oc(Nc3cc(Cl)cc(CN4CCN(C(=O)C5CCCC5)[C@@H](C)C4)c3C)nc2c1. The van der Waals surface area contributed by atoms with Gasteiger partial charge in [-0.1, -0.05) is 24.4 Å². The molecule has 2 aliphatic rings. The number of nitrogens with zero attached hydrogens (tertiary/aromatic N) is 3. The highest BCUT2D eigenvalue weighted by Gasteiger charge is 2.33. The Hall–Kier alpha value is -2.77. The predicted molar refractivity (Wildman–Crippen MR) is 138 cm³/mol. The van der Waals surface area contributed by atoms with Crippen LogP contribution in [0.3, 0.4) is 0 Å². The number of halogens is 1. The van der Waals surface area contributed by atoms with Crippen molar-refractivity contribution in [3.63, 3.8) is 0 Å². The molecule has 1 saturated heterocycles. The number of carbonyl (C=O) groups excluding carboxylic acids is 1. The molecule has 0 unspecified atom stereocenters. The summed E-state index contributed by atoms with van der Waals surface area (Å²) in [6.45, 7) is 7.54. The zero-order valence-corrected chi connectivity index (χ0v) is 21.4. The van der Waals surface area contributed by atoms with Gasteiger partial charge in [0.1, 0.15) is 11.3 Å². The van der Waals surface area contributed by atoms with Crippen molar-refractivity contribution in [2.24, 2.45) is 5.92 Å². The Bertz CT molecular complexity index is 1220. The average Bonchev–Trinajstić information content (AvgIpc) is 3.51. The minimum absolute atomic E-state index is 0.214. The van der Waals surface area contributed by atoms with Crippen molar-refractivity contribution in [2.45, 2.75) is 52.1 Å². The summed E-state index contributed by atoms with van der Waals surface area (Å²) in [5.74, 6) is 1.33. The van der Waals surface area contributed by atoms with Gasteiger partial charge < -0.3 is 19.4 Å². The van der Waals surface area contributed by atoms with E-state index in [1.54, 1.807) is 7.11 Å². The lowest BCUT2D eigenvalue weighted by Crippen LogP contribution is -2.54. The summed E-state index contributed by atoms with van der Waals surface area (Å²) in [5.41, 5.74) is 4.54. The second-order valence-electron chi connectivity index (χ2n) is 9.81. The van der Waals surface area contributed by atoms with Gasteiger partial charge in [0.15, 0.2) is 5.58 Å². The molecule has 8 heteroatoms. The number of nitrogens with one attached hydrogen (secondary N) is 1. The molecule has 1 aliphatic heterocycles. The maximum Gasteiger partial charge on any atom is 0.300 e. The largest absolute Gasteiger partial charge is 0.497 e. The zero-order valence-electron chi connectivity index (χ0n) is 20.6. The summed E-state index contributed by atoms with van der Waals surface area (Å²) >= 11 is 6.51. The zero-order chi connectivity index (χ0) is 24.5. The van der Waals surface area contributed by atoms with Crippen molar-refractivity contribution >= 4 is 40.3 Å². The molecule has 186 valence electrons. The first kappa shape index (κ1) is 23.9. The molecular weight excluding hydrogens is 464 g/mol. The van der Waals surface area contributed by atoms with Crippen molar-refractivity contribution in [1.82, 2.24) is 14.8 Å². The van der Waals surface area contributed by atoms with Crippen molar-refractivity contribution in [3.05, 3.63) is 46.5 Å². The minimum Gasteiger partial charge on any atom is -0.497 e. The van der Waals surface area contributed by atoms with Crippen molar-refractivity contribution in [3.8, 4) is 5.75 Å². The number of rotatable bonds is 6. The number of anilines is 2. The number of carbonyl (C=O) groups is 1. The molecule has 2 aromatic carbocycles. The van der Waals surface area contributed by atoms with Gasteiger partial charge in [-0.15, -0.1) is 0 Å². The number of hydrogen-bond acceptors (Lipinski definition) is 6. The lowest BCUT2D eigenvalue weighted by molar-refractivity contribution is -0.140. The highest BCUT2D eigenvalue weighted by atomic mass is 35.5. The van der Waals surface area contributed by atoms with Crippen LogP contribution in [0.2, 0.25) is 5.02 Å². The summed E-state index contributed by atoms with van der Waals surface area (Å²) in [4.78, 5) is 22.0. The predicted octanol–water partition coefficient (Wildman–Crippen LogP) is 5.76. The van der Waals surface area contributed by atoms with E-state index in [4.69, 9.17) is 20.8 Å². The van der Waals surface area contributed by atoms with Gasteiger partial charge in [-0.2, -0.15) is 4.98 Å². The third kappa shape index (κ3) is 5.11. The van der Waals surface area contributed by atoms with Gasteiger partial charge in [0.25, 0.3) is 6.01 Å². The van der Waals surface area contributed by atoms with Crippen LogP contribution in [-0.2, 0) is 11.3 Å². The molecule has 1 atom stereocenters. The molecule has 1 aliphatic carbocycles. The first-order valence-corrected chi connectivity index (χ1v) is 12.8. The molecule has 0 spiro atoms. The number of aromatic nitrogens is 1. The van der Waals surface area contributed by atoms with Crippen LogP contribution in [-0.4, -0.2) is 53.5 Å². The van der Waals surface area contributed by atoms with Crippen LogP contribution in [0.5, 0.6) is 5.75 Å². The summed E-state index contributed by atoms with van der Waals surface area (Å²) < 4.78 is 11.2. The Morgan fingerprint density at radius 2 is 2.03 bits per heavy atom. The third-order valence-corrected chi connectivity index (χ3v) is 7.63. The first-order valence-electron chi connectivity index (χ1n) is 12.4. The Labute approximate surface area is 211 Å². The number of fused-ring (bicyclic) bond motifs is 1. The van der Waals surface area contributed by atoms with E-state index in [2.05, 4.69) is 33.9 Å². The molecule has 2 heterocycles. The van der Waals surface area contributed by atoms with Crippen LogP contribution in [0.15, 0.2) is 34.7 Å². The van der Waals surface area contributed by atoms with E-state index >= 15 is 0 Å². The molecule has 2 fully saturated rings. The Kier molecular flexibility index (Phi) is 6.89. The summed E-state index contributed by atoms with van der Waals surface area (Å²) in [7, 11) is 1.63. The van der Waals surface area contributed by atoms with Crippen molar-refractivity contribution in [2.75, 3.05) is 32.1 Å². The smallest absolute Gasteiger partial charge is 0.300 e. The van der Waals surface area contributed by atoms with Crippen LogP contribution in [0, 0.1) is 12.8 Å². The number of oxazole rings is 1. The molecule has 35 heavy (non-hydrogen) atoms. The van der Waals surface area contributed by atoms with Gasteiger partial charge in [0.2, 0.25) is 5.91 Å². The number of methoxy groups -OCH3 is 1. The van der Waals surface area contributed by atoms with E-state index in [0.717, 1.165) is 67.1 Å². The van der Waals surface area contributed by atoms with Crippen molar-refractivity contribution < 1.29 is 13.9 Å². The molecule has 1 aromatic heterocycles. The number of amides is 1. The normalized spacial score (nSPS) is 19.4. The maximum atomic E-state index is 13.0. The molecular formula is C27H33ClN4O3. The molecule has 0 radical (unpaired) electrons. The number of ether oxygens (including phenoxy) is 1. The van der Waals surface area contributed by atoms with Crippen LogP contribution >= 0.6 is 11.6 Å². The van der Waals surface area contributed by atoms with E-state index in [9.17, 15) is 4.79 Å². The summed E-state index contributed by atoms with van der Waals surface area (Å²) in [5, 5.41) is 3.97. The van der Waals surface area contributed by atoms with E-state index < -0.39 is 0 Å². The lowest BCUT2D eigenvalue weighted by atomic mass is 10.0. The molecule has 5 rings (SSSR count). The van der Waals surface area contributed by atoms with Crippen LogP contribution in [0.1, 0.15) is 43.7 Å². The van der Waals surface area contributed by atoms with Gasteiger partial charge in [-0.05, 0) is 62.1 Å². The van der Waals surface area contributed by atoms with E-state index in [-0.39, 0.29) is 12.0 Å². The van der Waals surface area contributed by atoms with E-state index in [1.807, 2.05) is 30.3 Å². The van der Waals surface area contributed by atoms with Gasteiger partial charge >= 0.3 is 0 Å². The number of benzene rings is 2. The second-order valence-corrected chi connectivity index (χ2v) is 10.2.